The first kappa shape index (κ1) is 21.5. The number of nitrogens with one attached hydrogen (secondary N) is 1. The van der Waals surface area contributed by atoms with Gasteiger partial charge in [-0.1, -0.05) is 0 Å². The first-order valence-electron chi connectivity index (χ1n) is 9.09. The van der Waals surface area contributed by atoms with Crippen LogP contribution in [0, 0.1) is 0 Å². The van der Waals surface area contributed by atoms with Crippen molar-refractivity contribution in [3.05, 3.63) is 0 Å². The summed E-state index contributed by atoms with van der Waals surface area (Å²) in [6.07, 6.45) is -0.242. The van der Waals surface area contributed by atoms with Crippen molar-refractivity contribution in [3.63, 3.8) is 0 Å². The standard InChI is InChI=1S/C17H28N2O7S/c1-11(14(20)18-12-7-9-27(23,24)10-12)25-15(21)13-6-5-8-19(13)16(22)26-17(2,3)4/h11-13H,5-10H2,1-4H3,(H,18,20)/t11-,12+,13-/m0/s1. The van der Waals surface area contributed by atoms with Crippen LogP contribution in [0.3, 0.4) is 0 Å². The fourth-order valence-electron chi connectivity index (χ4n) is 3.08. The van der Waals surface area contributed by atoms with Gasteiger partial charge in [0.15, 0.2) is 15.9 Å². The number of hydrogen-bond acceptors (Lipinski definition) is 7. The van der Waals surface area contributed by atoms with Gasteiger partial charge in [0.2, 0.25) is 0 Å². The summed E-state index contributed by atoms with van der Waals surface area (Å²) in [5.41, 5.74) is -0.678. The zero-order valence-corrected chi connectivity index (χ0v) is 17.0. The first-order chi connectivity index (χ1) is 12.4. The van der Waals surface area contributed by atoms with Gasteiger partial charge < -0.3 is 14.8 Å². The molecule has 9 nitrogen and oxygen atoms in total. The lowest BCUT2D eigenvalue weighted by Crippen LogP contribution is -2.47. The number of rotatable bonds is 4. The molecule has 0 aromatic rings. The minimum atomic E-state index is -3.12. The second-order valence-corrected chi connectivity index (χ2v) is 10.2. The van der Waals surface area contributed by atoms with Gasteiger partial charge in [0.25, 0.3) is 5.91 Å². The summed E-state index contributed by atoms with van der Waals surface area (Å²) in [6, 6.07) is -1.25. The molecular formula is C17H28N2O7S. The Morgan fingerprint density at radius 1 is 1.19 bits per heavy atom. The molecule has 1 N–H and O–H groups in total. The molecule has 2 rings (SSSR count). The van der Waals surface area contributed by atoms with E-state index in [1.54, 1.807) is 20.8 Å². The van der Waals surface area contributed by atoms with Crippen molar-refractivity contribution in [1.29, 1.82) is 0 Å². The van der Waals surface area contributed by atoms with Crippen molar-refractivity contribution < 1.29 is 32.3 Å². The molecular weight excluding hydrogens is 376 g/mol. The van der Waals surface area contributed by atoms with E-state index in [0.717, 1.165) is 0 Å². The Bertz CT molecular complexity index is 699. The molecule has 3 atom stereocenters. The van der Waals surface area contributed by atoms with Crippen LogP contribution < -0.4 is 5.32 Å². The van der Waals surface area contributed by atoms with Gasteiger partial charge >= 0.3 is 12.1 Å². The number of ether oxygens (including phenoxy) is 2. The Morgan fingerprint density at radius 3 is 2.41 bits per heavy atom. The first-order valence-corrected chi connectivity index (χ1v) is 10.9. The van der Waals surface area contributed by atoms with Crippen molar-refractivity contribution in [1.82, 2.24) is 10.2 Å². The molecule has 2 aliphatic rings. The van der Waals surface area contributed by atoms with Crippen LogP contribution in [0.1, 0.15) is 47.0 Å². The van der Waals surface area contributed by atoms with E-state index in [-0.39, 0.29) is 11.5 Å². The molecule has 0 spiro atoms. The molecule has 2 heterocycles. The third-order valence-electron chi connectivity index (χ3n) is 4.39. The molecule has 2 aliphatic heterocycles. The molecule has 0 aliphatic carbocycles. The maximum atomic E-state index is 12.4. The second kappa shape index (κ2) is 8.04. The van der Waals surface area contributed by atoms with E-state index in [0.29, 0.717) is 25.8 Å². The second-order valence-electron chi connectivity index (χ2n) is 8.02. The third kappa shape index (κ3) is 6.08. The van der Waals surface area contributed by atoms with Crippen LogP contribution >= 0.6 is 0 Å². The predicted molar refractivity (Wildman–Crippen MR) is 96.7 cm³/mol. The fraction of sp³-hybridized carbons (Fsp3) is 0.824. The molecule has 27 heavy (non-hydrogen) atoms. The summed E-state index contributed by atoms with van der Waals surface area (Å²) in [6.45, 7) is 7.02. The van der Waals surface area contributed by atoms with Crippen LogP contribution in [-0.4, -0.2) is 73.1 Å². The number of esters is 1. The highest BCUT2D eigenvalue weighted by Crippen LogP contribution is 2.22. The molecule has 2 saturated heterocycles. The highest BCUT2D eigenvalue weighted by Gasteiger charge is 2.39. The molecule has 0 aromatic heterocycles. The Hall–Kier alpha value is -1.84. The summed E-state index contributed by atoms with van der Waals surface area (Å²) in [5.74, 6) is -1.28. The van der Waals surface area contributed by atoms with Gasteiger partial charge in [0, 0.05) is 12.6 Å². The van der Waals surface area contributed by atoms with E-state index in [1.807, 2.05) is 0 Å². The molecule has 0 radical (unpaired) electrons. The van der Waals surface area contributed by atoms with Gasteiger partial charge in [-0.3, -0.25) is 9.69 Å². The maximum absolute atomic E-state index is 12.4. The molecule has 0 saturated carbocycles. The Balaban J connectivity index is 1.89. The number of nitrogens with zero attached hydrogens (tertiary/aromatic N) is 1. The summed E-state index contributed by atoms with van der Waals surface area (Å²) < 4.78 is 33.4. The predicted octanol–water partition coefficient (Wildman–Crippen LogP) is 0.621. The van der Waals surface area contributed by atoms with Crippen LogP contribution in [-0.2, 0) is 28.9 Å². The van der Waals surface area contributed by atoms with E-state index in [2.05, 4.69) is 5.32 Å². The Kier molecular flexibility index (Phi) is 6.39. The molecule has 10 heteroatoms. The Labute approximate surface area is 159 Å². The molecule has 0 bridgehead atoms. The van der Waals surface area contributed by atoms with E-state index in [1.165, 1.54) is 11.8 Å². The van der Waals surface area contributed by atoms with Crippen LogP contribution in [0.4, 0.5) is 4.79 Å². The van der Waals surface area contributed by atoms with Crippen molar-refractivity contribution in [2.24, 2.45) is 0 Å². The number of sulfone groups is 1. The highest BCUT2D eigenvalue weighted by atomic mass is 32.2. The van der Waals surface area contributed by atoms with Gasteiger partial charge in [-0.2, -0.15) is 0 Å². The number of amides is 2. The lowest BCUT2D eigenvalue weighted by atomic mass is 10.2. The topological polar surface area (TPSA) is 119 Å². The minimum Gasteiger partial charge on any atom is -0.451 e. The average molecular weight is 404 g/mol. The SMILES string of the molecule is C[C@H](OC(=O)[C@@H]1CCCN1C(=O)OC(C)(C)C)C(=O)N[C@@H]1CCS(=O)(=O)C1. The summed E-state index contributed by atoms with van der Waals surface area (Å²) in [7, 11) is -3.12. The molecule has 2 fully saturated rings. The van der Waals surface area contributed by atoms with E-state index in [4.69, 9.17) is 9.47 Å². The highest BCUT2D eigenvalue weighted by molar-refractivity contribution is 7.91. The quantitative estimate of drug-likeness (QED) is 0.682. The zero-order chi connectivity index (χ0) is 20.4. The molecule has 0 unspecified atom stereocenters. The molecule has 154 valence electrons. The molecule has 2 amide bonds. The smallest absolute Gasteiger partial charge is 0.411 e. The zero-order valence-electron chi connectivity index (χ0n) is 16.2. The van der Waals surface area contributed by atoms with Crippen LogP contribution in [0.25, 0.3) is 0 Å². The number of likely N-dealkylation sites (tertiary alicyclic amines) is 1. The normalized spacial score (nSPS) is 25.7. The lowest BCUT2D eigenvalue weighted by Gasteiger charge is -2.28. The summed E-state index contributed by atoms with van der Waals surface area (Å²) in [5, 5.41) is 2.59. The van der Waals surface area contributed by atoms with Crippen LogP contribution in [0.15, 0.2) is 0 Å². The van der Waals surface area contributed by atoms with Gasteiger partial charge in [0.1, 0.15) is 11.6 Å². The monoisotopic (exact) mass is 404 g/mol. The van der Waals surface area contributed by atoms with Gasteiger partial charge in [-0.05, 0) is 47.0 Å². The van der Waals surface area contributed by atoms with E-state index < -0.39 is 51.6 Å². The summed E-state index contributed by atoms with van der Waals surface area (Å²) >= 11 is 0. The number of hydrogen-bond donors (Lipinski definition) is 1. The number of carbonyl (C=O) groups is 3. The van der Waals surface area contributed by atoms with Gasteiger partial charge in [0.05, 0.1) is 11.5 Å². The maximum Gasteiger partial charge on any atom is 0.411 e. The van der Waals surface area contributed by atoms with Crippen LogP contribution in [0.2, 0.25) is 0 Å². The average Bonchev–Trinajstić information content (AvgIpc) is 3.11. The minimum absolute atomic E-state index is 0.0407. The van der Waals surface area contributed by atoms with E-state index >= 15 is 0 Å². The van der Waals surface area contributed by atoms with Crippen molar-refractivity contribution in [2.45, 2.75) is 70.7 Å². The largest absolute Gasteiger partial charge is 0.451 e. The number of carbonyl (C=O) groups excluding carboxylic acids is 3. The van der Waals surface area contributed by atoms with Gasteiger partial charge in [-0.15, -0.1) is 0 Å². The molecule has 0 aromatic carbocycles. The van der Waals surface area contributed by atoms with Crippen molar-refractivity contribution in [3.8, 4) is 0 Å². The Morgan fingerprint density at radius 2 is 1.85 bits per heavy atom. The van der Waals surface area contributed by atoms with Crippen molar-refractivity contribution >= 4 is 27.8 Å². The third-order valence-corrected chi connectivity index (χ3v) is 6.16. The van der Waals surface area contributed by atoms with Crippen molar-refractivity contribution in [2.75, 3.05) is 18.1 Å². The lowest BCUT2D eigenvalue weighted by molar-refractivity contribution is -0.159. The summed E-state index contributed by atoms with van der Waals surface area (Å²) in [4.78, 5) is 38.2. The van der Waals surface area contributed by atoms with E-state index in [9.17, 15) is 22.8 Å². The van der Waals surface area contributed by atoms with Gasteiger partial charge in [-0.25, -0.2) is 18.0 Å². The van der Waals surface area contributed by atoms with Crippen LogP contribution in [0.5, 0.6) is 0 Å². The fourth-order valence-corrected chi connectivity index (χ4v) is 4.76.